The molecule has 0 amide bonds. The van der Waals surface area contributed by atoms with E-state index in [1.54, 1.807) is 0 Å². The van der Waals surface area contributed by atoms with Gasteiger partial charge in [0, 0.05) is 6.42 Å². The molecule has 0 aliphatic carbocycles. The van der Waals surface area contributed by atoms with Gasteiger partial charge in [0.1, 0.15) is 5.75 Å². The van der Waals surface area contributed by atoms with Crippen molar-refractivity contribution in [2.45, 2.75) is 32.6 Å². The lowest BCUT2D eigenvalue weighted by molar-refractivity contribution is 0.321. The average Bonchev–Trinajstić information content (AvgIpc) is 2.39. The van der Waals surface area contributed by atoms with Crippen LogP contribution < -0.4 is 4.74 Å². The topological polar surface area (TPSA) is 9.23 Å². The number of rotatable bonds is 4. The van der Waals surface area contributed by atoms with Crippen LogP contribution in [0.1, 0.15) is 31.9 Å². The van der Waals surface area contributed by atoms with Crippen LogP contribution in [-0.2, 0) is 11.8 Å². The molecule has 0 spiro atoms. The Labute approximate surface area is 116 Å². The lowest BCUT2D eigenvalue weighted by Crippen LogP contribution is -2.10. The first-order valence-electron chi connectivity index (χ1n) is 6.83. The summed E-state index contributed by atoms with van der Waals surface area (Å²) in [4.78, 5) is 0. The maximum absolute atomic E-state index is 5.78. The molecule has 0 heterocycles. The van der Waals surface area contributed by atoms with Gasteiger partial charge in [-0.1, -0.05) is 63.2 Å². The SMILES string of the molecule is CC(C)(C)c1ccc(OCCc2ccccc2)cc1. The van der Waals surface area contributed by atoms with Crippen LogP contribution in [0.5, 0.6) is 5.75 Å². The van der Waals surface area contributed by atoms with Crippen LogP contribution >= 0.6 is 0 Å². The number of benzene rings is 2. The zero-order chi connectivity index (χ0) is 13.7. The van der Waals surface area contributed by atoms with Crippen molar-refractivity contribution in [1.82, 2.24) is 0 Å². The Balaban J connectivity index is 1.87. The molecule has 0 aliphatic heterocycles. The maximum atomic E-state index is 5.78. The monoisotopic (exact) mass is 254 g/mol. The Morgan fingerprint density at radius 1 is 0.842 bits per heavy atom. The summed E-state index contributed by atoms with van der Waals surface area (Å²) in [6.07, 6.45) is 0.946. The Kier molecular flexibility index (Phi) is 4.26. The van der Waals surface area contributed by atoms with E-state index in [4.69, 9.17) is 4.74 Å². The van der Waals surface area contributed by atoms with E-state index < -0.39 is 0 Å². The van der Waals surface area contributed by atoms with Gasteiger partial charge < -0.3 is 4.74 Å². The van der Waals surface area contributed by atoms with Gasteiger partial charge in [-0.2, -0.15) is 0 Å². The summed E-state index contributed by atoms with van der Waals surface area (Å²) < 4.78 is 5.78. The molecule has 0 saturated carbocycles. The molecule has 2 rings (SSSR count). The third-order valence-corrected chi connectivity index (χ3v) is 3.22. The zero-order valence-corrected chi connectivity index (χ0v) is 12.0. The van der Waals surface area contributed by atoms with Crippen LogP contribution in [0.4, 0.5) is 0 Å². The molecule has 0 atom stereocenters. The molecule has 1 nitrogen and oxygen atoms in total. The van der Waals surface area contributed by atoms with E-state index in [0.717, 1.165) is 18.8 Å². The lowest BCUT2D eigenvalue weighted by Gasteiger charge is -2.19. The highest BCUT2D eigenvalue weighted by Gasteiger charge is 2.12. The Bertz CT molecular complexity index is 491. The molecular weight excluding hydrogens is 232 g/mol. The Hall–Kier alpha value is -1.76. The number of hydrogen-bond acceptors (Lipinski definition) is 1. The molecule has 1 heteroatoms. The van der Waals surface area contributed by atoms with E-state index in [2.05, 4.69) is 69.3 Å². The summed E-state index contributed by atoms with van der Waals surface area (Å²) in [6.45, 7) is 7.38. The standard InChI is InChI=1S/C18H22O/c1-18(2,3)16-9-11-17(12-10-16)19-14-13-15-7-5-4-6-8-15/h4-12H,13-14H2,1-3H3. The van der Waals surface area contributed by atoms with Gasteiger partial charge in [0.15, 0.2) is 0 Å². The predicted octanol–water partition coefficient (Wildman–Crippen LogP) is 4.61. The highest BCUT2D eigenvalue weighted by molar-refractivity contribution is 5.31. The van der Waals surface area contributed by atoms with Gasteiger partial charge >= 0.3 is 0 Å². The van der Waals surface area contributed by atoms with Gasteiger partial charge in [-0.05, 0) is 28.7 Å². The third kappa shape index (κ3) is 4.13. The van der Waals surface area contributed by atoms with E-state index in [-0.39, 0.29) is 5.41 Å². The van der Waals surface area contributed by atoms with E-state index in [1.807, 2.05) is 6.07 Å². The minimum Gasteiger partial charge on any atom is -0.493 e. The molecule has 0 N–H and O–H groups in total. The minimum atomic E-state index is 0.197. The van der Waals surface area contributed by atoms with Crippen molar-refractivity contribution in [2.24, 2.45) is 0 Å². The van der Waals surface area contributed by atoms with E-state index >= 15 is 0 Å². The molecular formula is C18H22O. The fourth-order valence-electron chi connectivity index (χ4n) is 1.98. The van der Waals surface area contributed by atoms with E-state index in [0.29, 0.717) is 0 Å². The highest BCUT2D eigenvalue weighted by atomic mass is 16.5. The normalized spacial score (nSPS) is 11.3. The number of hydrogen-bond donors (Lipinski definition) is 0. The van der Waals surface area contributed by atoms with Gasteiger partial charge in [0.25, 0.3) is 0 Å². The second-order valence-corrected chi connectivity index (χ2v) is 5.86. The molecule has 0 fully saturated rings. The van der Waals surface area contributed by atoms with Crippen LogP contribution in [-0.4, -0.2) is 6.61 Å². The minimum absolute atomic E-state index is 0.197. The highest BCUT2D eigenvalue weighted by Crippen LogP contribution is 2.24. The molecule has 19 heavy (non-hydrogen) atoms. The first-order chi connectivity index (χ1) is 9.05. The van der Waals surface area contributed by atoms with Gasteiger partial charge in [-0.3, -0.25) is 0 Å². The van der Waals surface area contributed by atoms with Crippen LogP contribution in [0.3, 0.4) is 0 Å². The maximum Gasteiger partial charge on any atom is 0.119 e. The Morgan fingerprint density at radius 3 is 2.05 bits per heavy atom. The van der Waals surface area contributed by atoms with Crippen molar-refractivity contribution >= 4 is 0 Å². The lowest BCUT2D eigenvalue weighted by atomic mass is 9.87. The van der Waals surface area contributed by atoms with Gasteiger partial charge in [-0.25, -0.2) is 0 Å². The second-order valence-electron chi connectivity index (χ2n) is 5.86. The molecule has 0 aromatic heterocycles. The van der Waals surface area contributed by atoms with Crippen molar-refractivity contribution in [3.63, 3.8) is 0 Å². The summed E-state index contributed by atoms with van der Waals surface area (Å²) in [6, 6.07) is 18.8. The van der Waals surface area contributed by atoms with Crippen molar-refractivity contribution < 1.29 is 4.74 Å². The van der Waals surface area contributed by atoms with Gasteiger partial charge in [0.2, 0.25) is 0 Å². The fourth-order valence-corrected chi connectivity index (χ4v) is 1.98. The third-order valence-electron chi connectivity index (χ3n) is 3.22. The molecule has 100 valence electrons. The van der Waals surface area contributed by atoms with Crippen LogP contribution in [0, 0.1) is 0 Å². The van der Waals surface area contributed by atoms with E-state index in [9.17, 15) is 0 Å². The summed E-state index contributed by atoms with van der Waals surface area (Å²) in [5.74, 6) is 0.948. The molecule has 0 unspecified atom stereocenters. The fraction of sp³-hybridized carbons (Fsp3) is 0.333. The first-order valence-corrected chi connectivity index (χ1v) is 6.83. The smallest absolute Gasteiger partial charge is 0.119 e. The van der Waals surface area contributed by atoms with Crippen LogP contribution in [0.25, 0.3) is 0 Å². The summed E-state index contributed by atoms with van der Waals surface area (Å²) in [5.41, 5.74) is 2.85. The van der Waals surface area contributed by atoms with Gasteiger partial charge in [0.05, 0.1) is 6.61 Å². The second kappa shape index (κ2) is 5.92. The quantitative estimate of drug-likeness (QED) is 0.774. The molecule has 0 saturated heterocycles. The van der Waals surface area contributed by atoms with Crippen molar-refractivity contribution in [3.05, 3.63) is 65.7 Å². The Morgan fingerprint density at radius 2 is 1.47 bits per heavy atom. The molecule has 0 radical (unpaired) electrons. The first kappa shape index (κ1) is 13.7. The summed E-state index contributed by atoms with van der Waals surface area (Å²) in [5, 5.41) is 0. The van der Waals surface area contributed by atoms with Crippen LogP contribution in [0.2, 0.25) is 0 Å². The molecule has 0 aliphatic rings. The number of ether oxygens (including phenoxy) is 1. The van der Waals surface area contributed by atoms with Crippen LogP contribution in [0.15, 0.2) is 54.6 Å². The van der Waals surface area contributed by atoms with E-state index in [1.165, 1.54) is 11.1 Å². The largest absolute Gasteiger partial charge is 0.493 e. The zero-order valence-electron chi connectivity index (χ0n) is 12.0. The summed E-state index contributed by atoms with van der Waals surface area (Å²) in [7, 11) is 0. The molecule has 2 aromatic carbocycles. The predicted molar refractivity (Wildman–Crippen MR) is 80.8 cm³/mol. The van der Waals surface area contributed by atoms with Crippen molar-refractivity contribution in [2.75, 3.05) is 6.61 Å². The molecule has 0 bridgehead atoms. The van der Waals surface area contributed by atoms with Crippen molar-refractivity contribution in [3.8, 4) is 5.75 Å². The van der Waals surface area contributed by atoms with Gasteiger partial charge in [-0.15, -0.1) is 0 Å². The molecule has 2 aromatic rings. The average molecular weight is 254 g/mol. The van der Waals surface area contributed by atoms with Crippen molar-refractivity contribution in [1.29, 1.82) is 0 Å². The summed E-state index contributed by atoms with van der Waals surface area (Å²) >= 11 is 0.